The molecule has 6 rings (SSSR count). The molecule has 0 radical (unpaired) electrons. The summed E-state index contributed by atoms with van der Waals surface area (Å²) in [6, 6.07) is 8.33. The minimum Gasteiger partial charge on any atom is -0.492 e. The number of piperazine rings is 1. The predicted molar refractivity (Wildman–Crippen MR) is 148 cm³/mol. The molecular formula is C30H39N5O3. The second kappa shape index (κ2) is 10.2. The van der Waals surface area contributed by atoms with Crippen LogP contribution in [0.2, 0.25) is 0 Å². The number of fused-ring (bicyclic) bond motifs is 2. The van der Waals surface area contributed by atoms with Crippen LogP contribution in [0, 0.1) is 11.8 Å². The first-order valence-corrected chi connectivity index (χ1v) is 14.3. The molecule has 202 valence electrons. The van der Waals surface area contributed by atoms with Gasteiger partial charge in [-0.15, -0.1) is 0 Å². The molecule has 3 fully saturated rings. The highest BCUT2D eigenvalue weighted by molar-refractivity contribution is 5.97. The van der Waals surface area contributed by atoms with Crippen LogP contribution in [0.3, 0.4) is 0 Å². The number of hydrogen-bond donors (Lipinski definition) is 3. The summed E-state index contributed by atoms with van der Waals surface area (Å²) in [4.78, 5) is 33.2. The maximum Gasteiger partial charge on any atom is 0.251 e. The Labute approximate surface area is 224 Å². The quantitative estimate of drug-likeness (QED) is 0.564. The monoisotopic (exact) mass is 517 g/mol. The van der Waals surface area contributed by atoms with Crippen LogP contribution >= 0.6 is 0 Å². The van der Waals surface area contributed by atoms with E-state index in [1.54, 1.807) is 0 Å². The Kier molecular flexibility index (Phi) is 6.76. The summed E-state index contributed by atoms with van der Waals surface area (Å²) >= 11 is 0. The Morgan fingerprint density at radius 1 is 1.18 bits per heavy atom. The summed E-state index contributed by atoms with van der Waals surface area (Å²) in [5.74, 6) is 1.77. The summed E-state index contributed by atoms with van der Waals surface area (Å²) < 4.78 is 6.37. The third-order valence-corrected chi connectivity index (χ3v) is 9.10. The number of carbonyl (C=O) groups is 2. The van der Waals surface area contributed by atoms with E-state index in [0.717, 1.165) is 73.7 Å². The van der Waals surface area contributed by atoms with Gasteiger partial charge in [0.25, 0.3) is 5.91 Å². The van der Waals surface area contributed by atoms with Gasteiger partial charge in [-0.3, -0.25) is 9.59 Å². The average molecular weight is 518 g/mol. The lowest BCUT2D eigenvalue weighted by Crippen LogP contribution is -2.50. The Morgan fingerprint density at radius 2 is 1.97 bits per heavy atom. The van der Waals surface area contributed by atoms with Gasteiger partial charge in [0.2, 0.25) is 5.91 Å². The van der Waals surface area contributed by atoms with Crippen LogP contribution < -0.4 is 25.6 Å². The smallest absolute Gasteiger partial charge is 0.251 e. The SMILES string of the molecule is CC1CC(C)C(CNC(=O)c2cc(-c3ccc(N4CCNCC4)nc3)c3c(c2)C2(CCCC2)CO3)C(=O)N1. The van der Waals surface area contributed by atoms with Gasteiger partial charge in [-0.2, -0.15) is 0 Å². The fourth-order valence-corrected chi connectivity index (χ4v) is 6.89. The van der Waals surface area contributed by atoms with E-state index < -0.39 is 0 Å². The second-order valence-electron chi connectivity index (χ2n) is 11.8. The number of nitrogens with one attached hydrogen (secondary N) is 3. The van der Waals surface area contributed by atoms with Crippen molar-refractivity contribution >= 4 is 17.6 Å². The van der Waals surface area contributed by atoms with Gasteiger partial charge in [-0.05, 0) is 56.4 Å². The van der Waals surface area contributed by atoms with Gasteiger partial charge >= 0.3 is 0 Å². The fraction of sp³-hybridized carbons (Fsp3) is 0.567. The number of nitrogens with zero attached hydrogens (tertiary/aromatic N) is 2. The summed E-state index contributed by atoms with van der Waals surface area (Å²) in [6.45, 7) is 8.95. The molecule has 2 amide bonds. The van der Waals surface area contributed by atoms with Gasteiger partial charge in [-0.1, -0.05) is 19.8 Å². The maximum absolute atomic E-state index is 13.5. The van der Waals surface area contributed by atoms with E-state index in [9.17, 15) is 9.59 Å². The van der Waals surface area contributed by atoms with Crippen molar-refractivity contribution in [3.05, 3.63) is 41.6 Å². The molecule has 1 spiro atoms. The fourth-order valence-electron chi connectivity index (χ4n) is 6.89. The van der Waals surface area contributed by atoms with Crippen LogP contribution in [0.5, 0.6) is 5.75 Å². The van der Waals surface area contributed by atoms with Gasteiger partial charge < -0.3 is 25.6 Å². The van der Waals surface area contributed by atoms with Crippen molar-refractivity contribution in [2.45, 2.75) is 57.4 Å². The molecule has 3 N–H and O–H groups in total. The van der Waals surface area contributed by atoms with Crippen molar-refractivity contribution < 1.29 is 14.3 Å². The summed E-state index contributed by atoms with van der Waals surface area (Å²) in [5, 5.41) is 9.49. The normalized spacial score (nSPS) is 26.1. The first-order chi connectivity index (χ1) is 18.4. The molecule has 8 heteroatoms. The molecule has 8 nitrogen and oxygen atoms in total. The molecule has 3 unspecified atom stereocenters. The van der Waals surface area contributed by atoms with E-state index in [1.165, 1.54) is 12.8 Å². The van der Waals surface area contributed by atoms with E-state index >= 15 is 0 Å². The van der Waals surface area contributed by atoms with Crippen LogP contribution in [0.15, 0.2) is 30.5 Å². The number of aromatic nitrogens is 1. The second-order valence-corrected chi connectivity index (χ2v) is 11.8. The molecule has 0 bridgehead atoms. The number of anilines is 1. The molecule has 2 saturated heterocycles. The third-order valence-electron chi connectivity index (χ3n) is 9.10. The molecule has 1 aromatic carbocycles. The van der Waals surface area contributed by atoms with Crippen molar-refractivity contribution in [2.75, 3.05) is 44.2 Å². The van der Waals surface area contributed by atoms with Gasteiger partial charge in [0.15, 0.2) is 0 Å². The Hall–Kier alpha value is -3.13. The highest BCUT2D eigenvalue weighted by Gasteiger charge is 2.44. The number of benzene rings is 1. The van der Waals surface area contributed by atoms with Crippen molar-refractivity contribution in [3.63, 3.8) is 0 Å². The van der Waals surface area contributed by atoms with E-state index in [-0.39, 0.29) is 35.1 Å². The largest absolute Gasteiger partial charge is 0.492 e. The zero-order valence-electron chi connectivity index (χ0n) is 22.5. The molecule has 2 aromatic rings. The van der Waals surface area contributed by atoms with Gasteiger partial charge in [-0.25, -0.2) is 4.98 Å². The summed E-state index contributed by atoms with van der Waals surface area (Å²) in [7, 11) is 0. The number of hydrogen-bond acceptors (Lipinski definition) is 6. The Bertz CT molecular complexity index is 1200. The molecule has 1 aliphatic carbocycles. The Morgan fingerprint density at radius 3 is 2.68 bits per heavy atom. The standard InChI is InChI=1S/C30H39N5O3/c1-19-13-20(2)34-29(37)24(19)17-33-28(36)22-14-23(27-25(15-22)30(18-38-27)7-3-4-8-30)21-5-6-26(32-16-21)35-11-9-31-10-12-35/h5-6,14-16,19-20,24,31H,3-4,7-13,17-18H2,1-2H3,(H,33,36)(H,34,37). The third kappa shape index (κ3) is 4.64. The number of amides is 2. The van der Waals surface area contributed by atoms with Crippen LogP contribution in [-0.4, -0.2) is 62.2 Å². The summed E-state index contributed by atoms with van der Waals surface area (Å²) in [6.07, 6.45) is 7.37. The first kappa shape index (κ1) is 25.2. The van der Waals surface area contributed by atoms with Crippen molar-refractivity contribution in [3.8, 4) is 16.9 Å². The van der Waals surface area contributed by atoms with Gasteiger partial charge in [0.1, 0.15) is 11.6 Å². The van der Waals surface area contributed by atoms with E-state index in [0.29, 0.717) is 18.7 Å². The highest BCUT2D eigenvalue weighted by Crippen LogP contribution is 2.52. The lowest BCUT2D eigenvalue weighted by molar-refractivity contribution is -0.129. The number of carbonyl (C=O) groups excluding carboxylic acids is 2. The molecule has 1 saturated carbocycles. The molecule has 1 aromatic heterocycles. The lowest BCUT2D eigenvalue weighted by atomic mass is 9.79. The Balaban J connectivity index is 1.29. The average Bonchev–Trinajstić information content (AvgIpc) is 3.55. The maximum atomic E-state index is 13.5. The minimum absolute atomic E-state index is 0.0115. The number of piperidine rings is 1. The van der Waals surface area contributed by atoms with Crippen LogP contribution in [0.1, 0.15) is 61.9 Å². The van der Waals surface area contributed by atoms with Crippen molar-refractivity contribution in [1.29, 1.82) is 0 Å². The lowest BCUT2D eigenvalue weighted by Gasteiger charge is -2.32. The number of pyridine rings is 1. The molecule has 38 heavy (non-hydrogen) atoms. The number of rotatable bonds is 5. The van der Waals surface area contributed by atoms with Crippen LogP contribution in [0.25, 0.3) is 11.1 Å². The molecule has 3 aliphatic heterocycles. The molecule has 3 atom stereocenters. The molecule has 4 aliphatic rings. The van der Waals surface area contributed by atoms with E-state index in [2.05, 4.69) is 39.9 Å². The molecule has 4 heterocycles. The van der Waals surface area contributed by atoms with Gasteiger partial charge in [0.05, 0.1) is 12.5 Å². The zero-order valence-corrected chi connectivity index (χ0v) is 22.5. The van der Waals surface area contributed by atoms with E-state index in [1.807, 2.05) is 25.3 Å². The van der Waals surface area contributed by atoms with Crippen molar-refractivity contribution in [1.82, 2.24) is 20.9 Å². The highest BCUT2D eigenvalue weighted by atomic mass is 16.5. The van der Waals surface area contributed by atoms with Gasteiger partial charge in [0, 0.05) is 72.6 Å². The van der Waals surface area contributed by atoms with Crippen molar-refractivity contribution in [2.24, 2.45) is 11.8 Å². The first-order valence-electron chi connectivity index (χ1n) is 14.3. The topological polar surface area (TPSA) is 95.6 Å². The predicted octanol–water partition coefficient (Wildman–Crippen LogP) is 3.25. The minimum atomic E-state index is -0.213. The summed E-state index contributed by atoms with van der Waals surface area (Å²) in [5.41, 5.74) is 3.65. The number of ether oxygens (including phenoxy) is 1. The van der Waals surface area contributed by atoms with Crippen LogP contribution in [-0.2, 0) is 10.2 Å². The zero-order chi connectivity index (χ0) is 26.3. The van der Waals surface area contributed by atoms with E-state index in [4.69, 9.17) is 9.72 Å². The van der Waals surface area contributed by atoms with Crippen LogP contribution in [0.4, 0.5) is 5.82 Å². The molecular weight excluding hydrogens is 478 g/mol.